The van der Waals surface area contributed by atoms with Crippen molar-refractivity contribution in [2.75, 3.05) is 45.3 Å². The number of amides is 1. The highest BCUT2D eigenvalue weighted by Crippen LogP contribution is 2.24. The molecule has 2 aromatic carbocycles. The Morgan fingerprint density at radius 3 is 2.26 bits per heavy atom. The Bertz CT molecular complexity index is 931. The first-order valence-corrected chi connectivity index (χ1v) is 10.2. The summed E-state index contributed by atoms with van der Waals surface area (Å²) in [6.45, 7) is 5.01. The molecule has 0 saturated carbocycles. The van der Waals surface area contributed by atoms with E-state index in [2.05, 4.69) is 4.90 Å². The Morgan fingerprint density at radius 1 is 0.968 bits per heavy atom. The number of rotatable bonds is 7. The summed E-state index contributed by atoms with van der Waals surface area (Å²) in [5.74, 6) is 0.388. The second-order valence-corrected chi connectivity index (χ2v) is 7.19. The molecule has 1 amide bonds. The smallest absolute Gasteiger partial charge is 0.341 e. The van der Waals surface area contributed by atoms with Crippen LogP contribution in [-0.2, 0) is 25.7 Å². The van der Waals surface area contributed by atoms with E-state index in [0.29, 0.717) is 17.7 Å². The zero-order valence-corrected chi connectivity index (χ0v) is 18.2. The van der Waals surface area contributed by atoms with Gasteiger partial charge in [-0.25, -0.2) is 4.79 Å². The molecule has 0 bridgehead atoms. The topological polar surface area (TPSA) is 68.3 Å². The molecule has 0 unspecified atom stereocenters. The van der Waals surface area contributed by atoms with Crippen LogP contribution >= 0.6 is 0 Å². The fourth-order valence-corrected chi connectivity index (χ4v) is 3.55. The summed E-state index contributed by atoms with van der Waals surface area (Å²) < 4.78 is 15.9. The van der Waals surface area contributed by atoms with E-state index in [1.165, 1.54) is 20.5 Å². The van der Waals surface area contributed by atoms with Gasteiger partial charge in [0, 0.05) is 38.8 Å². The third-order valence-electron chi connectivity index (χ3n) is 5.27. The number of carbonyl (C=O) groups excluding carboxylic acids is 2. The van der Waals surface area contributed by atoms with E-state index in [1.54, 1.807) is 6.92 Å². The quantitative estimate of drug-likeness (QED) is 0.387. The molecule has 0 atom stereocenters. The van der Waals surface area contributed by atoms with Gasteiger partial charge in [-0.1, -0.05) is 24.3 Å². The predicted octanol–water partition coefficient (Wildman–Crippen LogP) is 3.09. The molecule has 1 saturated heterocycles. The van der Waals surface area contributed by atoms with E-state index >= 15 is 0 Å². The van der Waals surface area contributed by atoms with Gasteiger partial charge in [0.05, 0.1) is 20.5 Å². The first-order valence-electron chi connectivity index (χ1n) is 10.2. The van der Waals surface area contributed by atoms with Gasteiger partial charge >= 0.3 is 5.97 Å². The van der Waals surface area contributed by atoms with E-state index in [4.69, 9.17) is 14.2 Å². The fourth-order valence-electron chi connectivity index (χ4n) is 3.55. The number of ether oxygens (including phenoxy) is 3. The lowest BCUT2D eigenvalue weighted by atomic mass is 10.0. The van der Waals surface area contributed by atoms with Crippen LogP contribution in [-0.4, -0.2) is 57.2 Å². The first-order chi connectivity index (χ1) is 15.0. The molecule has 3 rings (SSSR count). The molecule has 0 N–H and O–H groups in total. The number of benzene rings is 2. The van der Waals surface area contributed by atoms with Crippen molar-refractivity contribution >= 4 is 23.1 Å². The maximum atomic E-state index is 12.1. The van der Waals surface area contributed by atoms with Gasteiger partial charge in [-0.3, -0.25) is 4.79 Å². The van der Waals surface area contributed by atoms with Crippen molar-refractivity contribution < 1.29 is 23.8 Å². The second-order valence-electron chi connectivity index (χ2n) is 7.19. The Balaban J connectivity index is 1.66. The van der Waals surface area contributed by atoms with Crippen molar-refractivity contribution in [1.29, 1.82) is 0 Å². The van der Waals surface area contributed by atoms with Crippen LogP contribution in [0, 0.1) is 0 Å². The molecular formula is C24H28N2O5. The lowest BCUT2D eigenvalue weighted by Crippen LogP contribution is -2.48. The van der Waals surface area contributed by atoms with Crippen LogP contribution in [0.1, 0.15) is 18.1 Å². The van der Waals surface area contributed by atoms with E-state index in [-0.39, 0.29) is 5.91 Å². The minimum Gasteiger partial charge on any atom is -0.503 e. The number of hydrogen-bond donors (Lipinski definition) is 0. The van der Waals surface area contributed by atoms with E-state index in [9.17, 15) is 9.59 Å². The number of carbonyl (C=O) groups is 2. The number of nitrogens with zero attached hydrogens (tertiary/aromatic N) is 2. The molecule has 1 aliphatic heterocycles. The number of piperazine rings is 1. The number of anilines is 1. The van der Waals surface area contributed by atoms with E-state index < -0.39 is 5.97 Å². The van der Waals surface area contributed by atoms with Crippen LogP contribution in [0.2, 0.25) is 0 Å². The predicted molar refractivity (Wildman–Crippen MR) is 119 cm³/mol. The summed E-state index contributed by atoms with van der Waals surface area (Å²) in [6.07, 6.45) is 1.38. The van der Waals surface area contributed by atoms with Crippen molar-refractivity contribution in [3.63, 3.8) is 0 Å². The molecule has 0 aliphatic carbocycles. The van der Waals surface area contributed by atoms with Crippen LogP contribution in [0.5, 0.6) is 5.75 Å². The van der Waals surface area contributed by atoms with Crippen LogP contribution in [0.25, 0.3) is 5.57 Å². The molecule has 7 heteroatoms. The van der Waals surface area contributed by atoms with Gasteiger partial charge < -0.3 is 24.0 Å². The van der Waals surface area contributed by atoms with Crippen molar-refractivity contribution in [2.24, 2.45) is 0 Å². The van der Waals surface area contributed by atoms with Crippen LogP contribution in [0.3, 0.4) is 0 Å². The average Bonchev–Trinajstić information content (AvgIpc) is 2.81. The largest absolute Gasteiger partial charge is 0.503 e. The molecule has 7 nitrogen and oxygen atoms in total. The summed E-state index contributed by atoms with van der Waals surface area (Å²) in [4.78, 5) is 27.8. The van der Waals surface area contributed by atoms with Gasteiger partial charge in [0.15, 0.2) is 0 Å². The fraction of sp³-hybridized carbons (Fsp3) is 0.333. The molecule has 0 aromatic heterocycles. The molecule has 31 heavy (non-hydrogen) atoms. The summed E-state index contributed by atoms with van der Waals surface area (Å²) in [5.41, 5.74) is 2.99. The van der Waals surface area contributed by atoms with Crippen molar-refractivity contribution in [3.8, 4) is 5.75 Å². The van der Waals surface area contributed by atoms with Gasteiger partial charge in [-0.05, 0) is 35.4 Å². The van der Waals surface area contributed by atoms with Gasteiger partial charge in [-0.2, -0.15) is 0 Å². The van der Waals surface area contributed by atoms with Crippen LogP contribution in [0.15, 0.2) is 54.8 Å². The first kappa shape index (κ1) is 22.2. The second kappa shape index (κ2) is 10.5. The monoisotopic (exact) mass is 424 g/mol. The third kappa shape index (κ3) is 5.57. The molecule has 0 spiro atoms. The molecule has 1 fully saturated rings. The van der Waals surface area contributed by atoms with Gasteiger partial charge in [0.25, 0.3) is 0 Å². The van der Waals surface area contributed by atoms with Crippen molar-refractivity contribution in [1.82, 2.24) is 4.90 Å². The SMILES string of the molecule is CO/C=C(/C(=O)OC)c1ccccc1COc1ccc(N2CCN(C(C)=O)CC2)cc1. The number of methoxy groups -OCH3 is 2. The maximum Gasteiger partial charge on any atom is 0.341 e. The van der Waals surface area contributed by atoms with Gasteiger partial charge in [0.2, 0.25) is 5.91 Å². The summed E-state index contributed by atoms with van der Waals surface area (Å²) >= 11 is 0. The highest BCUT2D eigenvalue weighted by Gasteiger charge is 2.19. The lowest BCUT2D eigenvalue weighted by molar-refractivity contribution is -0.133. The third-order valence-corrected chi connectivity index (χ3v) is 5.27. The van der Waals surface area contributed by atoms with Crippen molar-refractivity contribution in [2.45, 2.75) is 13.5 Å². The number of hydrogen-bond acceptors (Lipinski definition) is 6. The van der Waals surface area contributed by atoms with Gasteiger partial charge in [0.1, 0.15) is 17.9 Å². The Labute approximate surface area is 182 Å². The summed E-state index contributed by atoms with van der Waals surface area (Å²) in [7, 11) is 2.83. The molecule has 0 radical (unpaired) electrons. The molecular weight excluding hydrogens is 396 g/mol. The van der Waals surface area contributed by atoms with Gasteiger partial charge in [-0.15, -0.1) is 0 Å². The average molecular weight is 424 g/mol. The maximum absolute atomic E-state index is 12.1. The minimum atomic E-state index is -0.469. The lowest BCUT2D eigenvalue weighted by Gasteiger charge is -2.35. The standard InChI is InChI=1S/C24H28N2O5/c1-18(27)25-12-14-26(15-13-25)20-8-10-21(11-9-20)31-16-19-6-4-5-7-22(19)23(17-29-2)24(28)30-3/h4-11,17H,12-16H2,1-3H3/b23-17+. The van der Waals surface area contributed by atoms with E-state index in [0.717, 1.165) is 43.2 Å². The summed E-state index contributed by atoms with van der Waals surface area (Å²) in [6, 6.07) is 15.4. The Kier molecular flexibility index (Phi) is 7.54. The molecule has 2 aromatic rings. The molecule has 164 valence electrons. The zero-order chi connectivity index (χ0) is 22.2. The molecule has 1 heterocycles. The Morgan fingerprint density at radius 2 is 1.65 bits per heavy atom. The van der Waals surface area contributed by atoms with Crippen LogP contribution < -0.4 is 9.64 Å². The highest BCUT2D eigenvalue weighted by molar-refractivity contribution is 6.16. The Hall–Kier alpha value is -3.48. The van der Waals surface area contributed by atoms with Crippen LogP contribution in [0.4, 0.5) is 5.69 Å². The number of esters is 1. The summed E-state index contributed by atoms with van der Waals surface area (Å²) in [5, 5.41) is 0. The zero-order valence-electron chi connectivity index (χ0n) is 18.2. The van der Waals surface area contributed by atoms with Crippen molar-refractivity contribution in [3.05, 3.63) is 65.9 Å². The van der Waals surface area contributed by atoms with E-state index in [1.807, 2.05) is 53.4 Å². The molecule has 1 aliphatic rings. The minimum absolute atomic E-state index is 0.124. The normalized spacial score (nSPS) is 14.2. The highest BCUT2D eigenvalue weighted by atomic mass is 16.5.